The van der Waals surface area contributed by atoms with E-state index in [1.54, 1.807) is 0 Å². The zero-order chi connectivity index (χ0) is 14.1. The summed E-state index contributed by atoms with van der Waals surface area (Å²) in [5.74, 6) is 0.0310. The molecule has 0 aliphatic carbocycles. The van der Waals surface area contributed by atoms with Crippen LogP contribution in [0.1, 0.15) is 20.8 Å². The predicted molar refractivity (Wildman–Crippen MR) is 80.3 cm³/mol. The first-order chi connectivity index (χ1) is 9.15. The number of carbonyl (C=O) groups is 1. The van der Waals surface area contributed by atoms with Crippen molar-refractivity contribution in [2.45, 2.75) is 26.8 Å². The number of nitrogens with zero attached hydrogens (tertiary/aromatic N) is 1. The van der Waals surface area contributed by atoms with E-state index in [4.69, 9.17) is 0 Å². The SMILES string of the molecule is CCN(CC)CC(C)NC(=O)CNc1ccccc1. The first-order valence-electron chi connectivity index (χ1n) is 6.96. The van der Waals surface area contributed by atoms with Crippen LogP contribution in [0.25, 0.3) is 0 Å². The largest absolute Gasteiger partial charge is 0.376 e. The molecule has 4 heteroatoms. The van der Waals surface area contributed by atoms with Crippen molar-refractivity contribution in [1.29, 1.82) is 0 Å². The van der Waals surface area contributed by atoms with Crippen molar-refractivity contribution < 1.29 is 4.79 Å². The fraction of sp³-hybridized carbons (Fsp3) is 0.533. The van der Waals surface area contributed by atoms with E-state index >= 15 is 0 Å². The van der Waals surface area contributed by atoms with E-state index in [1.807, 2.05) is 37.3 Å². The lowest BCUT2D eigenvalue weighted by Gasteiger charge is -2.23. The second-order valence-corrected chi connectivity index (χ2v) is 4.67. The fourth-order valence-electron chi connectivity index (χ4n) is 1.98. The monoisotopic (exact) mass is 263 g/mol. The summed E-state index contributed by atoms with van der Waals surface area (Å²) in [6.45, 7) is 9.54. The Morgan fingerprint density at radius 2 is 1.84 bits per heavy atom. The second kappa shape index (κ2) is 8.53. The van der Waals surface area contributed by atoms with Gasteiger partial charge in [-0.25, -0.2) is 0 Å². The molecule has 0 saturated carbocycles. The number of nitrogens with one attached hydrogen (secondary N) is 2. The molecule has 0 aromatic heterocycles. The molecule has 106 valence electrons. The van der Waals surface area contributed by atoms with Gasteiger partial charge in [0.05, 0.1) is 6.54 Å². The van der Waals surface area contributed by atoms with Gasteiger partial charge in [0.25, 0.3) is 0 Å². The Morgan fingerprint density at radius 3 is 2.42 bits per heavy atom. The van der Waals surface area contributed by atoms with E-state index in [1.165, 1.54) is 0 Å². The summed E-state index contributed by atoms with van der Waals surface area (Å²) >= 11 is 0. The standard InChI is InChI=1S/C15H25N3O/c1-4-18(5-2)12-13(3)17-15(19)11-16-14-9-7-6-8-10-14/h6-10,13,16H,4-5,11-12H2,1-3H3,(H,17,19). The van der Waals surface area contributed by atoms with Crippen molar-refractivity contribution in [2.75, 3.05) is 31.5 Å². The van der Waals surface area contributed by atoms with Crippen LogP contribution in [0, 0.1) is 0 Å². The normalized spacial score (nSPS) is 12.2. The molecule has 0 aliphatic heterocycles. The van der Waals surface area contributed by atoms with Crippen molar-refractivity contribution in [3.05, 3.63) is 30.3 Å². The van der Waals surface area contributed by atoms with Gasteiger partial charge in [-0.3, -0.25) is 4.79 Å². The van der Waals surface area contributed by atoms with Crippen molar-refractivity contribution in [2.24, 2.45) is 0 Å². The summed E-state index contributed by atoms with van der Waals surface area (Å²) in [5.41, 5.74) is 0.967. The van der Waals surface area contributed by atoms with Gasteiger partial charge in [-0.15, -0.1) is 0 Å². The Hall–Kier alpha value is -1.55. The number of hydrogen-bond donors (Lipinski definition) is 2. The third kappa shape index (κ3) is 6.25. The maximum absolute atomic E-state index is 11.8. The zero-order valence-corrected chi connectivity index (χ0v) is 12.1. The highest BCUT2D eigenvalue weighted by molar-refractivity contribution is 5.80. The van der Waals surface area contributed by atoms with E-state index in [0.29, 0.717) is 6.54 Å². The molecule has 0 aliphatic rings. The van der Waals surface area contributed by atoms with Gasteiger partial charge in [0.15, 0.2) is 0 Å². The third-order valence-electron chi connectivity index (χ3n) is 3.06. The zero-order valence-electron chi connectivity index (χ0n) is 12.1. The van der Waals surface area contributed by atoms with Crippen LogP contribution in [-0.2, 0) is 4.79 Å². The van der Waals surface area contributed by atoms with E-state index < -0.39 is 0 Å². The van der Waals surface area contributed by atoms with Gasteiger partial charge in [0.1, 0.15) is 0 Å². The molecule has 0 bridgehead atoms. The molecular weight excluding hydrogens is 238 g/mol. The quantitative estimate of drug-likeness (QED) is 0.753. The van der Waals surface area contributed by atoms with Crippen molar-refractivity contribution in [1.82, 2.24) is 10.2 Å². The summed E-state index contributed by atoms with van der Waals surface area (Å²) in [6.07, 6.45) is 0. The molecule has 1 aromatic carbocycles. The van der Waals surface area contributed by atoms with Gasteiger partial charge in [0, 0.05) is 18.3 Å². The Morgan fingerprint density at radius 1 is 1.21 bits per heavy atom. The summed E-state index contributed by atoms with van der Waals surface area (Å²) < 4.78 is 0. The minimum atomic E-state index is 0.0310. The van der Waals surface area contributed by atoms with Crippen LogP contribution in [0.2, 0.25) is 0 Å². The highest BCUT2D eigenvalue weighted by atomic mass is 16.1. The highest BCUT2D eigenvalue weighted by Gasteiger charge is 2.10. The molecule has 1 unspecified atom stereocenters. The summed E-state index contributed by atoms with van der Waals surface area (Å²) in [7, 11) is 0. The van der Waals surface area contributed by atoms with Gasteiger partial charge in [-0.1, -0.05) is 32.0 Å². The van der Waals surface area contributed by atoms with Crippen LogP contribution < -0.4 is 10.6 Å². The molecule has 2 N–H and O–H groups in total. The lowest BCUT2D eigenvalue weighted by Crippen LogP contribution is -2.43. The Labute approximate surface area is 116 Å². The van der Waals surface area contributed by atoms with E-state index in [9.17, 15) is 4.79 Å². The van der Waals surface area contributed by atoms with Gasteiger partial charge < -0.3 is 15.5 Å². The smallest absolute Gasteiger partial charge is 0.239 e. The number of rotatable bonds is 8. The molecule has 0 spiro atoms. The van der Waals surface area contributed by atoms with Crippen LogP contribution in [0.3, 0.4) is 0 Å². The number of benzene rings is 1. The number of amides is 1. The first kappa shape index (κ1) is 15.5. The molecule has 0 radical (unpaired) electrons. The lowest BCUT2D eigenvalue weighted by atomic mass is 10.3. The summed E-state index contributed by atoms with van der Waals surface area (Å²) in [5, 5.41) is 6.11. The number of hydrogen-bond acceptors (Lipinski definition) is 3. The van der Waals surface area contributed by atoms with Gasteiger partial charge >= 0.3 is 0 Å². The molecule has 1 aromatic rings. The molecule has 4 nitrogen and oxygen atoms in total. The van der Waals surface area contributed by atoms with Crippen LogP contribution in [-0.4, -0.2) is 43.0 Å². The minimum absolute atomic E-state index is 0.0310. The number of likely N-dealkylation sites (N-methyl/N-ethyl adjacent to an activating group) is 1. The van der Waals surface area contributed by atoms with E-state index in [-0.39, 0.29) is 11.9 Å². The second-order valence-electron chi connectivity index (χ2n) is 4.67. The maximum atomic E-state index is 11.8. The summed E-state index contributed by atoms with van der Waals surface area (Å²) in [4.78, 5) is 14.1. The maximum Gasteiger partial charge on any atom is 0.239 e. The molecular formula is C15H25N3O. The molecule has 1 amide bonds. The fourth-order valence-corrected chi connectivity index (χ4v) is 1.98. The highest BCUT2D eigenvalue weighted by Crippen LogP contribution is 2.03. The minimum Gasteiger partial charge on any atom is -0.376 e. The van der Waals surface area contributed by atoms with Crippen LogP contribution in [0.5, 0.6) is 0 Å². The summed E-state index contributed by atoms with van der Waals surface area (Å²) in [6, 6.07) is 9.92. The van der Waals surface area contributed by atoms with Crippen LogP contribution in [0.4, 0.5) is 5.69 Å². The molecule has 1 atom stereocenters. The Bertz CT molecular complexity index is 363. The first-order valence-corrected chi connectivity index (χ1v) is 6.96. The topological polar surface area (TPSA) is 44.4 Å². The number of carbonyl (C=O) groups excluding carboxylic acids is 1. The Kier molecular flexibility index (Phi) is 6.97. The van der Waals surface area contributed by atoms with Gasteiger partial charge in [-0.05, 0) is 32.1 Å². The van der Waals surface area contributed by atoms with Gasteiger partial charge in [0.2, 0.25) is 5.91 Å². The van der Waals surface area contributed by atoms with Crippen molar-refractivity contribution >= 4 is 11.6 Å². The lowest BCUT2D eigenvalue weighted by molar-refractivity contribution is -0.120. The van der Waals surface area contributed by atoms with Crippen LogP contribution >= 0.6 is 0 Å². The Balaban J connectivity index is 2.27. The molecule has 0 saturated heterocycles. The molecule has 0 heterocycles. The molecule has 19 heavy (non-hydrogen) atoms. The average molecular weight is 263 g/mol. The number of anilines is 1. The van der Waals surface area contributed by atoms with Crippen molar-refractivity contribution in [3.63, 3.8) is 0 Å². The van der Waals surface area contributed by atoms with Crippen molar-refractivity contribution in [3.8, 4) is 0 Å². The predicted octanol–water partition coefficient (Wildman–Crippen LogP) is 1.94. The van der Waals surface area contributed by atoms with Gasteiger partial charge in [-0.2, -0.15) is 0 Å². The van der Waals surface area contributed by atoms with E-state index in [2.05, 4.69) is 29.4 Å². The molecule has 0 fully saturated rings. The van der Waals surface area contributed by atoms with Crippen LogP contribution in [0.15, 0.2) is 30.3 Å². The molecule has 1 rings (SSSR count). The third-order valence-corrected chi connectivity index (χ3v) is 3.06. The average Bonchev–Trinajstić information content (AvgIpc) is 2.43. The number of para-hydroxylation sites is 1. The van der Waals surface area contributed by atoms with E-state index in [0.717, 1.165) is 25.3 Å².